The maximum Gasteiger partial charge on any atom is 0.350 e. The van der Waals surface area contributed by atoms with Gasteiger partial charge in [-0.1, -0.05) is 70.4 Å². The summed E-state index contributed by atoms with van der Waals surface area (Å²) in [5.41, 5.74) is 5.15. The van der Waals surface area contributed by atoms with Crippen LogP contribution in [0.4, 0.5) is 15.4 Å². The Labute approximate surface area is 633 Å². The number of phenolic OH excluding ortho intramolecular Hbond substituents is 3. The number of aliphatic hydroxyl groups is 3. The number of aromatic nitrogens is 3. The Morgan fingerprint density at radius 3 is 0.780 bits per heavy atom. The monoisotopic (exact) mass is 1540 g/mol. The van der Waals surface area contributed by atoms with Gasteiger partial charge in [-0.2, -0.15) is 0 Å². The fourth-order valence-corrected chi connectivity index (χ4v) is 14.9. The highest BCUT2D eigenvalue weighted by molar-refractivity contribution is 7.18. The molecule has 32 heteroatoms. The molecule has 3 fully saturated rings. The van der Waals surface area contributed by atoms with E-state index in [2.05, 4.69) is 15.0 Å². The van der Waals surface area contributed by atoms with Crippen molar-refractivity contribution in [2.75, 3.05) is 57.4 Å². The highest BCUT2D eigenvalue weighted by Gasteiger charge is 2.52. The molecule has 9 aromatic rings. The molecule has 0 radical (unpaired) electrons. The van der Waals surface area contributed by atoms with Crippen LogP contribution in [0.2, 0.25) is 0 Å². The van der Waals surface area contributed by atoms with Crippen LogP contribution in [0.5, 0.6) is 34.5 Å². The van der Waals surface area contributed by atoms with E-state index in [-0.39, 0.29) is 81.3 Å². The van der Waals surface area contributed by atoms with Crippen LogP contribution < -0.4 is 28.9 Å². The van der Waals surface area contributed by atoms with Crippen LogP contribution in [0.1, 0.15) is 121 Å². The number of hydrogen-bond donors (Lipinski definition) is 7. The predicted molar refractivity (Wildman–Crippen MR) is 400 cm³/mol. The molecule has 3 amide bonds. The first-order chi connectivity index (χ1) is 51.7. The quantitative estimate of drug-likeness (QED) is 0.0165. The summed E-state index contributed by atoms with van der Waals surface area (Å²) in [5.74, 6) is -7.39. The second-order valence-electron chi connectivity index (χ2n) is 24.1. The lowest BCUT2D eigenvalue weighted by Crippen LogP contribution is -2.29. The molecule has 6 aromatic carbocycles. The molecule has 12 rings (SSSR count). The van der Waals surface area contributed by atoms with Gasteiger partial charge in [0.05, 0.1) is 94.6 Å². The Kier molecular flexibility index (Phi) is 24.7. The van der Waals surface area contributed by atoms with Gasteiger partial charge in [-0.3, -0.25) is 48.3 Å². The molecule has 0 saturated carbocycles. The van der Waals surface area contributed by atoms with E-state index in [1.54, 1.807) is 133 Å². The Morgan fingerprint density at radius 2 is 0.587 bits per heavy atom. The number of benzene rings is 6. The smallest absolute Gasteiger partial charge is 0.350 e. The summed E-state index contributed by atoms with van der Waals surface area (Å²) in [6.45, 7) is 11.2. The number of Topliss-reactive ketones (excluding diaryl/α,β-unsaturated/α-hetero) is 3. The van der Waals surface area contributed by atoms with E-state index < -0.39 is 77.1 Å². The summed E-state index contributed by atoms with van der Waals surface area (Å²) >= 11 is 2.73. The van der Waals surface area contributed by atoms with Crippen LogP contribution in [0.3, 0.4) is 0 Å². The number of aliphatic hydroxyl groups excluding tert-OH is 3. The topological polar surface area (TPSA) is 416 Å². The number of aliphatic carboxylic acids is 1. The predicted octanol–water partition coefficient (Wildman–Crippen LogP) is 11.8. The second kappa shape index (κ2) is 33.6. The minimum atomic E-state index is -1.05. The fourth-order valence-electron chi connectivity index (χ4n) is 11.9. The number of carboxylic acid groups (broad SMARTS) is 1. The summed E-state index contributed by atoms with van der Waals surface area (Å²) in [4.78, 5) is 142. The van der Waals surface area contributed by atoms with E-state index in [0.29, 0.717) is 67.7 Å². The number of esters is 3. The van der Waals surface area contributed by atoms with E-state index >= 15 is 0 Å². The average Bonchev–Trinajstić information content (AvgIpc) is 1.61. The van der Waals surface area contributed by atoms with Gasteiger partial charge in [-0.05, 0) is 166 Å². The maximum absolute atomic E-state index is 13.2. The van der Waals surface area contributed by atoms with Crippen molar-refractivity contribution >= 4 is 126 Å². The lowest BCUT2D eigenvalue weighted by atomic mass is 9.95. The summed E-state index contributed by atoms with van der Waals surface area (Å²) < 4.78 is 30.2. The lowest BCUT2D eigenvalue weighted by Gasteiger charge is -2.23. The van der Waals surface area contributed by atoms with E-state index in [9.17, 15) is 73.8 Å². The molecule has 0 aliphatic carbocycles. The van der Waals surface area contributed by atoms with Crippen molar-refractivity contribution in [3.63, 3.8) is 0 Å². The number of carboxylic acids is 1. The Morgan fingerprint density at radius 1 is 0.367 bits per heavy atom. The van der Waals surface area contributed by atoms with Crippen LogP contribution in [0, 0.1) is 41.5 Å². The number of aryl methyl sites for hydroxylation is 6. The Bertz CT molecular complexity index is 4740. The van der Waals surface area contributed by atoms with Gasteiger partial charge in [-0.15, -0.1) is 0 Å². The van der Waals surface area contributed by atoms with Crippen molar-refractivity contribution in [3.05, 3.63) is 226 Å². The van der Waals surface area contributed by atoms with Crippen LogP contribution >= 0.6 is 34.0 Å². The summed E-state index contributed by atoms with van der Waals surface area (Å²) in [6.07, 6.45) is 0. The highest BCUT2D eigenvalue weighted by atomic mass is 32.1. The number of nitrogens with zero attached hydrogens (tertiary/aromatic N) is 6. The van der Waals surface area contributed by atoms with Crippen LogP contribution in [0.25, 0.3) is 17.3 Å². The summed E-state index contributed by atoms with van der Waals surface area (Å²) in [7, 11) is 8.28. The van der Waals surface area contributed by atoms with Crippen LogP contribution in [0.15, 0.2) is 144 Å². The number of carbonyl (C=O) groups excluding carboxylic acids is 9. The number of anilines is 3. The Hall–Kier alpha value is -13.1. The first-order valence-electron chi connectivity index (χ1n) is 32.4. The molecular formula is C77H70N6O23S3. The number of carbonyl (C=O) groups is 10. The van der Waals surface area contributed by atoms with E-state index in [1.807, 2.05) is 0 Å². The highest BCUT2D eigenvalue weighted by Crippen LogP contribution is 2.49. The van der Waals surface area contributed by atoms with Gasteiger partial charge in [0, 0.05) is 23.6 Å². The van der Waals surface area contributed by atoms with Gasteiger partial charge in [-0.25, -0.2) is 29.3 Å². The fraction of sp³-hybridized carbons (Fsp3) is 0.208. The number of ether oxygens (including phenoxy) is 6. The minimum absolute atomic E-state index is 0.00505. The Balaban J connectivity index is 0.000000184. The number of aromatic hydroxyl groups is 3. The molecular weight excluding hydrogens is 1470 g/mol. The van der Waals surface area contributed by atoms with Crippen molar-refractivity contribution in [1.82, 2.24) is 15.0 Å². The first-order valence-corrected chi connectivity index (χ1v) is 34.8. The van der Waals surface area contributed by atoms with E-state index in [0.717, 1.165) is 72.3 Å². The van der Waals surface area contributed by atoms with Gasteiger partial charge in [0.15, 0.2) is 15.4 Å². The molecule has 109 heavy (non-hydrogen) atoms. The molecule has 29 nitrogen and oxygen atoms in total. The standard InChI is InChI=1S/3C25H22N2O7S.C2H4O2/c3*1-12-11-15(7-10-17(12)33-3)20(29)18-19(14-5-8-16(28)9-6-14)27(23(31)21(18)30)25-26-13(2)22(35-25)24(32)34-4;1-2(3)4/h3*5-11,19,28-29H,1-4H3;1H3,(H,3,4)/b3*20-18+;. The third kappa shape index (κ3) is 16.3. The van der Waals surface area contributed by atoms with Crippen LogP contribution in [-0.4, -0.2) is 152 Å². The summed E-state index contributed by atoms with van der Waals surface area (Å²) in [6, 6.07) is 29.3. The van der Waals surface area contributed by atoms with Gasteiger partial charge < -0.3 is 64.2 Å². The normalized spacial score (nSPS) is 16.6. The van der Waals surface area contributed by atoms with Crippen molar-refractivity contribution in [1.29, 1.82) is 0 Å². The zero-order valence-corrected chi connectivity index (χ0v) is 62.9. The number of hydrogen-bond acceptors (Lipinski definition) is 28. The number of methoxy groups -OCH3 is 6. The molecule has 3 aliphatic rings. The molecule has 0 bridgehead atoms. The average molecular weight is 1540 g/mol. The number of thiazole rings is 3. The molecule has 564 valence electrons. The SMILES string of the molecule is CC(=O)O.COC(=O)c1sc(N2C(=O)C(=O)/C(=C(/O)c3ccc(OC)c(C)c3)C2c2ccc(O)cc2)nc1C.COC(=O)c1sc(N2C(=O)C(=O)/C(=C(/O)c3ccc(OC)c(C)c3)C2c2ccc(O)cc2)nc1C.COC(=O)c1sc(N2C(=O)C(=O)/C(=C(/O)c3ccc(OC)c(C)c3)C2c2ccc(O)cc2)nc1C. The minimum Gasteiger partial charge on any atom is -0.508 e. The first kappa shape index (κ1) is 80.0. The zero-order chi connectivity index (χ0) is 79.9. The van der Waals surface area contributed by atoms with Crippen molar-refractivity contribution in [2.45, 2.75) is 66.6 Å². The molecule has 0 spiro atoms. The third-order valence-electron chi connectivity index (χ3n) is 17.1. The van der Waals surface area contributed by atoms with Gasteiger partial charge >= 0.3 is 35.6 Å². The van der Waals surface area contributed by atoms with Crippen molar-refractivity contribution < 1.29 is 112 Å². The molecule has 7 N–H and O–H groups in total. The second-order valence-corrected chi connectivity index (χ2v) is 27.0. The summed E-state index contributed by atoms with van der Waals surface area (Å²) in [5, 5.41) is 70.7. The molecule has 3 atom stereocenters. The van der Waals surface area contributed by atoms with Gasteiger partial charge in [0.25, 0.3) is 23.3 Å². The number of rotatable bonds is 15. The number of phenols is 3. The van der Waals surface area contributed by atoms with Crippen LogP contribution in [-0.2, 0) is 47.8 Å². The molecule has 3 aliphatic heterocycles. The lowest BCUT2D eigenvalue weighted by molar-refractivity contribution is -0.134. The molecule has 6 heterocycles. The van der Waals surface area contributed by atoms with Gasteiger partial charge in [0.1, 0.15) is 66.4 Å². The van der Waals surface area contributed by atoms with Gasteiger partial charge in [0.2, 0.25) is 0 Å². The number of ketones is 3. The molecule has 3 aromatic heterocycles. The molecule has 3 saturated heterocycles. The van der Waals surface area contributed by atoms with Crippen molar-refractivity contribution in [2.24, 2.45) is 0 Å². The largest absolute Gasteiger partial charge is 0.508 e. The maximum atomic E-state index is 13.2. The van der Waals surface area contributed by atoms with E-state index in [4.69, 9.17) is 38.3 Å². The zero-order valence-electron chi connectivity index (χ0n) is 60.4. The van der Waals surface area contributed by atoms with Crippen molar-refractivity contribution in [3.8, 4) is 34.5 Å². The van der Waals surface area contributed by atoms with E-state index in [1.165, 1.54) is 79.1 Å². The molecule has 3 unspecified atom stereocenters. The third-order valence-corrected chi connectivity index (χ3v) is 20.5. The number of amides is 3.